The number of piperidine rings is 1. The summed E-state index contributed by atoms with van der Waals surface area (Å²) in [6.07, 6.45) is 3.10. The number of carbonyl (C=O) groups excluding carboxylic acids is 1. The summed E-state index contributed by atoms with van der Waals surface area (Å²) in [5, 5.41) is 9.02. The van der Waals surface area contributed by atoms with Gasteiger partial charge >= 0.3 is 0 Å². The standard InChI is InChI=1S/C16H23NO3/c1-20-15-6-2-5-14(10-15)16(19)12-17-8-3-4-13(11-17)7-9-18/h2,5-6,10,13,18H,3-4,7-9,11-12H2,1H3. The third-order valence-corrected chi connectivity index (χ3v) is 3.90. The number of ketones is 1. The fraction of sp³-hybridized carbons (Fsp3) is 0.562. The maximum Gasteiger partial charge on any atom is 0.176 e. The molecule has 1 heterocycles. The monoisotopic (exact) mass is 277 g/mol. The smallest absolute Gasteiger partial charge is 0.176 e. The number of nitrogens with zero attached hydrogens (tertiary/aromatic N) is 1. The number of methoxy groups -OCH3 is 1. The zero-order valence-corrected chi connectivity index (χ0v) is 12.0. The number of Topliss-reactive ketones (excluding diaryl/α,β-unsaturated/α-hetero) is 1. The highest BCUT2D eigenvalue weighted by Crippen LogP contribution is 2.20. The first kappa shape index (κ1) is 15.0. The van der Waals surface area contributed by atoms with Crippen molar-refractivity contribution in [1.29, 1.82) is 0 Å². The molecule has 2 rings (SSSR count). The van der Waals surface area contributed by atoms with Crippen molar-refractivity contribution in [3.8, 4) is 5.75 Å². The van der Waals surface area contributed by atoms with E-state index in [0.29, 0.717) is 23.8 Å². The van der Waals surface area contributed by atoms with Crippen LogP contribution in [0.2, 0.25) is 0 Å². The van der Waals surface area contributed by atoms with Gasteiger partial charge in [-0.05, 0) is 43.9 Å². The highest BCUT2D eigenvalue weighted by atomic mass is 16.5. The number of aliphatic hydroxyl groups excluding tert-OH is 1. The minimum atomic E-state index is 0.133. The van der Waals surface area contributed by atoms with Gasteiger partial charge in [0.1, 0.15) is 5.75 Å². The van der Waals surface area contributed by atoms with Crippen LogP contribution >= 0.6 is 0 Å². The summed E-state index contributed by atoms with van der Waals surface area (Å²) >= 11 is 0. The molecule has 0 saturated carbocycles. The van der Waals surface area contributed by atoms with Crippen LogP contribution in [0.1, 0.15) is 29.6 Å². The second kappa shape index (κ2) is 7.41. The second-order valence-electron chi connectivity index (χ2n) is 5.41. The highest BCUT2D eigenvalue weighted by molar-refractivity contribution is 5.97. The van der Waals surface area contributed by atoms with E-state index in [1.807, 2.05) is 18.2 Å². The van der Waals surface area contributed by atoms with Crippen molar-refractivity contribution in [3.63, 3.8) is 0 Å². The minimum Gasteiger partial charge on any atom is -0.497 e. The average molecular weight is 277 g/mol. The van der Waals surface area contributed by atoms with Crippen molar-refractivity contribution in [2.24, 2.45) is 5.92 Å². The van der Waals surface area contributed by atoms with Gasteiger partial charge in [0.05, 0.1) is 13.7 Å². The summed E-state index contributed by atoms with van der Waals surface area (Å²) < 4.78 is 5.15. The fourth-order valence-electron chi connectivity index (χ4n) is 2.80. The van der Waals surface area contributed by atoms with E-state index in [9.17, 15) is 4.79 Å². The molecule has 1 N–H and O–H groups in total. The van der Waals surface area contributed by atoms with Gasteiger partial charge in [-0.1, -0.05) is 12.1 Å². The van der Waals surface area contributed by atoms with Crippen LogP contribution in [0.3, 0.4) is 0 Å². The number of ether oxygens (including phenoxy) is 1. The van der Waals surface area contributed by atoms with Crippen LogP contribution in [0.5, 0.6) is 5.75 Å². The Morgan fingerprint density at radius 1 is 1.50 bits per heavy atom. The zero-order chi connectivity index (χ0) is 14.4. The van der Waals surface area contributed by atoms with Crippen LogP contribution in [-0.2, 0) is 0 Å². The van der Waals surface area contributed by atoms with Gasteiger partial charge in [0, 0.05) is 18.7 Å². The molecule has 110 valence electrons. The van der Waals surface area contributed by atoms with E-state index in [2.05, 4.69) is 4.90 Å². The Hall–Kier alpha value is -1.39. The quantitative estimate of drug-likeness (QED) is 0.808. The van der Waals surface area contributed by atoms with Crippen molar-refractivity contribution in [3.05, 3.63) is 29.8 Å². The molecule has 1 aromatic rings. The van der Waals surface area contributed by atoms with Crippen LogP contribution in [-0.4, -0.2) is 49.1 Å². The molecule has 1 atom stereocenters. The molecule has 1 unspecified atom stereocenters. The first-order chi connectivity index (χ1) is 9.72. The number of carbonyl (C=O) groups is 1. The van der Waals surface area contributed by atoms with Crippen LogP contribution in [0.25, 0.3) is 0 Å². The molecule has 1 fully saturated rings. The number of rotatable bonds is 6. The topological polar surface area (TPSA) is 49.8 Å². The van der Waals surface area contributed by atoms with Crippen LogP contribution in [0.15, 0.2) is 24.3 Å². The number of hydrogen-bond donors (Lipinski definition) is 1. The van der Waals surface area contributed by atoms with Gasteiger partial charge < -0.3 is 9.84 Å². The maximum absolute atomic E-state index is 12.3. The van der Waals surface area contributed by atoms with Gasteiger partial charge in [-0.3, -0.25) is 9.69 Å². The van der Waals surface area contributed by atoms with Crippen molar-refractivity contribution in [1.82, 2.24) is 4.90 Å². The molecule has 0 aromatic heterocycles. The SMILES string of the molecule is COc1cccc(C(=O)CN2CCCC(CCO)C2)c1. The molecule has 4 heteroatoms. The fourth-order valence-corrected chi connectivity index (χ4v) is 2.80. The number of likely N-dealkylation sites (tertiary alicyclic amines) is 1. The van der Waals surface area contributed by atoms with Gasteiger partial charge in [-0.15, -0.1) is 0 Å². The lowest BCUT2D eigenvalue weighted by atomic mass is 9.95. The normalized spacial score (nSPS) is 19.8. The first-order valence-electron chi connectivity index (χ1n) is 7.23. The number of benzene rings is 1. The predicted octanol–water partition coefficient (Wildman–Crippen LogP) is 1.97. The second-order valence-corrected chi connectivity index (χ2v) is 5.41. The van der Waals surface area contributed by atoms with E-state index in [1.54, 1.807) is 13.2 Å². The van der Waals surface area contributed by atoms with Gasteiger partial charge in [-0.25, -0.2) is 0 Å². The summed E-state index contributed by atoms with van der Waals surface area (Å²) in [6, 6.07) is 7.31. The maximum atomic E-state index is 12.3. The Morgan fingerprint density at radius 3 is 3.10 bits per heavy atom. The van der Waals surface area contributed by atoms with E-state index < -0.39 is 0 Å². The molecule has 0 aliphatic carbocycles. The van der Waals surface area contributed by atoms with E-state index >= 15 is 0 Å². The van der Waals surface area contributed by atoms with E-state index in [1.165, 1.54) is 0 Å². The lowest BCUT2D eigenvalue weighted by Crippen LogP contribution is -2.39. The Bertz CT molecular complexity index is 445. The Morgan fingerprint density at radius 2 is 2.35 bits per heavy atom. The van der Waals surface area contributed by atoms with Crippen molar-refractivity contribution in [2.75, 3.05) is 33.4 Å². The third kappa shape index (κ3) is 4.05. The number of aliphatic hydroxyl groups is 1. The summed E-state index contributed by atoms with van der Waals surface area (Å²) in [4.78, 5) is 14.5. The summed E-state index contributed by atoms with van der Waals surface area (Å²) in [6.45, 7) is 2.57. The average Bonchev–Trinajstić information content (AvgIpc) is 2.48. The van der Waals surface area contributed by atoms with E-state index in [-0.39, 0.29) is 12.4 Å². The van der Waals surface area contributed by atoms with Crippen molar-refractivity contribution < 1.29 is 14.6 Å². The Labute approximate surface area is 120 Å². The summed E-state index contributed by atoms with van der Waals surface area (Å²) in [7, 11) is 1.60. The van der Waals surface area contributed by atoms with Gasteiger partial charge in [0.15, 0.2) is 5.78 Å². The van der Waals surface area contributed by atoms with Crippen LogP contribution in [0, 0.1) is 5.92 Å². The highest BCUT2D eigenvalue weighted by Gasteiger charge is 2.21. The van der Waals surface area contributed by atoms with Crippen molar-refractivity contribution in [2.45, 2.75) is 19.3 Å². The molecule has 0 spiro atoms. The van der Waals surface area contributed by atoms with Gasteiger partial charge in [0.25, 0.3) is 0 Å². The van der Waals surface area contributed by atoms with Crippen LogP contribution in [0.4, 0.5) is 0 Å². The molecule has 0 bridgehead atoms. The minimum absolute atomic E-state index is 0.133. The molecule has 0 radical (unpaired) electrons. The third-order valence-electron chi connectivity index (χ3n) is 3.90. The molecule has 4 nitrogen and oxygen atoms in total. The largest absolute Gasteiger partial charge is 0.497 e. The lowest BCUT2D eigenvalue weighted by molar-refractivity contribution is 0.0871. The van der Waals surface area contributed by atoms with Crippen LogP contribution < -0.4 is 4.74 Å². The summed E-state index contributed by atoms with van der Waals surface area (Å²) in [5.41, 5.74) is 0.702. The van der Waals surface area contributed by atoms with E-state index in [4.69, 9.17) is 9.84 Å². The molecule has 1 saturated heterocycles. The first-order valence-corrected chi connectivity index (χ1v) is 7.23. The van der Waals surface area contributed by atoms with Crippen molar-refractivity contribution >= 4 is 5.78 Å². The molecular formula is C16H23NO3. The molecule has 1 aliphatic rings. The molecule has 1 aliphatic heterocycles. The summed E-state index contributed by atoms with van der Waals surface area (Å²) in [5.74, 6) is 1.37. The van der Waals surface area contributed by atoms with E-state index in [0.717, 1.165) is 32.4 Å². The van der Waals surface area contributed by atoms with Gasteiger partial charge in [-0.2, -0.15) is 0 Å². The Kier molecular flexibility index (Phi) is 5.56. The van der Waals surface area contributed by atoms with Gasteiger partial charge in [0.2, 0.25) is 0 Å². The zero-order valence-electron chi connectivity index (χ0n) is 12.0. The lowest BCUT2D eigenvalue weighted by Gasteiger charge is -2.31. The molecule has 20 heavy (non-hydrogen) atoms. The molecular weight excluding hydrogens is 254 g/mol. The predicted molar refractivity (Wildman–Crippen MR) is 78.2 cm³/mol. The Balaban J connectivity index is 1.93. The number of hydrogen-bond acceptors (Lipinski definition) is 4. The molecule has 0 amide bonds. The molecule has 1 aromatic carbocycles.